The monoisotopic (exact) mass is 305 g/mol. The minimum absolute atomic E-state index is 0.0504. The minimum Gasteiger partial charge on any atom is -0.438 e. The average molecular weight is 306 g/mol. The van der Waals surface area contributed by atoms with E-state index in [0.29, 0.717) is 17.2 Å². The van der Waals surface area contributed by atoms with Crippen molar-refractivity contribution in [3.63, 3.8) is 0 Å². The third-order valence-electron chi connectivity index (χ3n) is 2.40. The maximum absolute atomic E-state index is 7.57. The summed E-state index contributed by atoms with van der Waals surface area (Å²) in [6.45, 7) is 1.87. The van der Waals surface area contributed by atoms with Gasteiger partial charge in [0.15, 0.2) is 0 Å². The zero-order chi connectivity index (χ0) is 13.1. The molecule has 0 aliphatic carbocycles. The Labute approximate surface area is 113 Å². The quantitative estimate of drug-likeness (QED) is 0.675. The molecular weight excluding hydrogens is 294 g/mol. The van der Waals surface area contributed by atoms with Crippen LogP contribution in [-0.4, -0.2) is 10.8 Å². The van der Waals surface area contributed by atoms with Gasteiger partial charge in [0.25, 0.3) is 0 Å². The average Bonchev–Trinajstić information content (AvgIpc) is 2.28. The van der Waals surface area contributed by atoms with Crippen molar-refractivity contribution in [2.75, 3.05) is 0 Å². The smallest absolute Gasteiger partial charge is 0.230 e. The highest BCUT2D eigenvalue weighted by Gasteiger charge is 2.12. The molecule has 3 N–H and O–H groups in total. The first kappa shape index (κ1) is 12.6. The fourth-order valence-corrected chi connectivity index (χ4v) is 1.96. The Balaban J connectivity index is 2.40. The third-order valence-corrected chi connectivity index (χ3v) is 2.90. The van der Waals surface area contributed by atoms with Crippen LogP contribution < -0.4 is 10.5 Å². The number of benzene rings is 1. The van der Waals surface area contributed by atoms with Gasteiger partial charge >= 0.3 is 0 Å². The Hall–Kier alpha value is -1.88. The van der Waals surface area contributed by atoms with Crippen LogP contribution in [0.4, 0.5) is 0 Å². The number of hydrogen-bond donors (Lipinski definition) is 2. The van der Waals surface area contributed by atoms with Gasteiger partial charge in [0.1, 0.15) is 11.6 Å². The normalized spacial score (nSPS) is 10.1. The highest BCUT2D eigenvalue weighted by molar-refractivity contribution is 9.10. The molecule has 0 aliphatic heterocycles. The molecule has 4 nitrogen and oxygen atoms in total. The number of nitrogens with one attached hydrogen (secondary N) is 1. The van der Waals surface area contributed by atoms with Crippen LogP contribution >= 0.6 is 15.9 Å². The fourth-order valence-electron chi connectivity index (χ4n) is 1.58. The second-order valence-corrected chi connectivity index (χ2v) is 4.70. The number of nitrogens with zero attached hydrogens (tertiary/aromatic N) is 1. The molecule has 0 amide bonds. The highest BCUT2D eigenvalue weighted by atomic mass is 79.9. The number of nitrogen functional groups attached to an aromatic ring is 1. The molecule has 5 heteroatoms. The van der Waals surface area contributed by atoms with Gasteiger partial charge in [-0.15, -0.1) is 0 Å². The summed E-state index contributed by atoms with van der Waals surface area (Å²) >= 11 is 3.37. The standard InChI is InChI=1S/C13H12BrN3O/c1-8-5-6-17-13(11(8)12(15)16)18-10-4-2-3-9(14)7-10/h2-7H,1H3,(H3,15,16). The van der Waals surface area contributed by atoms with Crippen LogP contribution in [0.5, 0.6) is 11.6 Å². The predicted molar refractivity (Wildman–Crippen MR) is 74.2 cm³/mol. The largest absolute Gasteiger partial charge is 0.438 e. The summed E-state index contributed by atoms with van der Waals surface area (Å²) in [5.41, 5.74) is 6.94. The van der Waals surface area contributed by atoms with Crippen LogP contribution in [0.3, 0.4) is 0 Å². The lowest BCUT2D eigenvalue weighted by atomic mass is 10.1. The first-order chi connectivity index (χ1) is 8.58. The van der Waals surface area contributed by atoms with Crippen molar-refractivity contribution < 1.29 is 4.74 Å². The van der Waals surface area contributed by atoms with E-state index in [4.69, 9.17) is 15.9 Å². The maximum atomic E-state index is 7.57. The number of hydrogen-bond acceptors (Lipinski definition) is 3. The molecule has 1 aromatic carbocycles. The van der Waals surface area contributed by atoms with Crippen LogP contribution in [0, 0.1) is 12.3 Å². The first-order valence-corrected chi connectivity index (χ1v) is 6.10. The maximum Gasteiger partial charge on any atom is 0.230 e. The lowest BCUT2D eigenvalue weighted by Gasteiger charge is -2.11. The van der Waals surface area contributed by atoms with Gasteiger partial charge in [0.05, 0.1) is 5.56 Å². The van der Waals surface area contributed by atoms with Crippen LogP contribution in [0.15, 0.2) is 41.0 Å². The molecule has 0 radical (unpaired) electrons. The number of aromatic nitrogens is 1. The third kappa shape index (κ3) is 2.68. The summed E-state index contributed by atoms with van der Waals surface area (Å²) < 4.78 is 6.58. The van der Waals surface area contributed by atoms with E-state index in [1.165, 1.54) is 0 Å². The SMILES string of the molecule is Cc1ccnc(Oc2cccc(Br)c2)c1C(=N)N. The number of aryl methyl sites for hydroxylation is 1. The number of amidine groups is 1. The summed E-state index contributed by atoms with van der Waals surface area (Å²) in [7, 11) is 0. The zero-order valence-electron chi connectivity index (χ0n) is 9.77. The Morgan fingerprint density at radius 3 is 2.83 bits per heavy atom. The van der Waals surface area contributed by atoms with Crippen molar-refractivity contribution >= 4 is 21.8 Å². The molecule has 0 aliphatic rings. The molecule has 0 saturated carbocycles. The summed E-state index contributed by atoms with van der Waals surface area (Å²) in [5, 5.41) is 7.57. The molecule has 1 aromatic heterocycles. The number of ether oxygens (including phenoxy) is 1. The molecule has 92 valence electrons. The molecule has 0 bridgehead atoms. The number of pyridine rings is 1. The van der Waals surface area contributed by atoms with Crippen molar-refractivity contribution in [1.29, 1.82) is 5.41 Å². The van der Waals surface area contributed by atoms with Gasteiger partial charge < -0.3 is 10.5 Å². The molecule has 0 saturated heterocycles. The van der Waals surface area contributed by atoms with E-state index >= 15 is 0 Å². The molecule has 2 aromatic rings. The molecule has 0 atom stereocenters. The van der Waals surface area contributed by atoms with Crippen LogP contribution in [0.2, 0.25) is 0 Å². The topological polar surface area (TPSA) is 72.0 Å². The second-order valence-electron chi connectivity index (χ2n) is 3.78. The zero-order valence-corrected chi connectivity index (χ0v) is 11.4. The molecule has 1 heterocycles. The van der Waals surface area contributed by atoms with E-state index < -0.39 is 0 Å². The van der Waals surface area contributed by atoms with Gasteiger partial charge in [0.2, 0.25) is 5.88 Å². The van der Waals surface area contributed by atoms with Crippen molar-refractivity contribution in [1.82, 2.24) is 4.98 Å². The van der Waals surface area contributed by atoms with E-state index in [2.05, 4.69) is 20.9 Å². The predicted octanol–water partition coefficient (Wildman–Crippen LogP) is 3.23. The summed E-state index contributed by atoms with van der Waals surface area (Å²) in [6, 6.07) is 9.21. The molecule has 2 rings (SSSR count). The van der Waals surface area contributed by atoms with Crippen LogP contribution in [0.25, 0.3) is 0 Å². The summed E-state index contributed by atoms with van der Waals surface area (Å²) in [5.74, 6) is 0.941. The van der Waals surface area contributed by atoms with E-state index in [-0.39, 0.29) is 5.84 Å². The lowest BCUT2D eigenvalue weighted by Crippen LogP contribution is -2.14. The number of halogens is 1. The van der Waals surface area contributed by atoms with E-state index in [9.17, 15) is 0 Å². The van der Waals surface area contributed by atoms with Gasteiger partial charge in [0, 0.05) is 10.7 Å². The minimum atomic E-state index is -0.0504. The Kier molecular flexibility index (Phi) is 3.62. The summed E-state index contributed by atoms with van der Waals surface area (Å²) in [6.07, 6.45) is 1.63. The van der Waals surface area contributed by atoms with E-state index in [1.54, 1.807) is 12.3 Å². The van der Waals surface area contributed by atoms with Crippen molar-refractivity contribution in [2.45, 2.75) is 6.92 Å². The molecule has 0 fully saturated rings. The Morgan fingerprint density at radius 2 is 2.17 bits per heavy atom. The molecule has 0 spiro atoms. The second kappa shape index (κ2) is 5.18. The van der Waals surface area contributed by atoms with Crippen LogP contribution in [0.1, 0.15) is 11.1 Å². The lowest BCUT2D eigenvalue weighted by molar-refractivity contribution is 0.461. The van der Waals surface area contributed by atoms with Gasteiger partial charge in [-0.2, -0.15) is 0 Å². The fraction of sp³-hybridized carbons (Fsp3) is 0.0769. The first-order valence-electron chi connectivity index (χ1n) is 5.31. The van der Waals surface area contributed by atoms with Crippen molar-refractivity contribution in [3.05, 3.63) is 52.1 Å². The van der Waals surface area contributed by atoms with Gasteiger partial charge in [-0.3, -0.25) is 5.41 Å². The van der Waals surface area contributed by atoms with Gasteiger partial charge in [-0.25, -0.2) is 4.98 Å². The highest BCUT2D eigenvalue weighted by Crippen LogP contribution is 2.26. The Morgan fingerprint density at radius 1 is 1.39 bits per heavy atom. The molecular formula is C13H12BrN3O. The van der Waals surface area contributed by atoms with Gasteiger partial charge in [-0.05, 0) is 36.8 Å². The van der Waals surface area contributed by atoms with Gasteiger partial charge in [-0.1, -0.05) is 22.0 Å². The summed E-state index contributed by atoms with van der Waals surface area (Å²) in [4.78, 5) is 4.13. The van der Waals surface area contributed by atoms with Crippen molar-refractivity contribution in [2.24, 2.45) is 5.73 Å². The van der Waals surface area contributed by atoms with E-state index in [1.807, 2.05) is 31.2 Å². The van der Waals surface area contributed by atoms with E-state index in [0.717, 1.165) is 10.0 Å². The number of rotatable bonds is 3. The van der Waals surface area contributed by atoms with Crippen molar-refractivity contribution in [3.8, 4) is 11.6 Å². The number of nitrogens with two attached hydrogens (primary N) is 1. The molecule has 18 heavy (non-hydrogen) atoms. The van der Waals surface area contributed by atoms with Crippen LogP contribution in [-0.2, 0) is 0 Å². The molecule has 0 unspecified atom stereocenters. The Bertz CT molecular complexity index is 599.